The highest BCUT2D eigenvalue weighted by Gasteiger charge is 2.09. The van der Waals surface area contributed by atoms with E-state index in [2.05, 4.69) is 15.2 Å². The van der Waals surface area contributed by atoms with Crippen LogP contribution in [0.5, 0.6) is 0 Å². The molecule has 0 saturated carbocycles. The summed E-state index contributed by atoms with van der Waals surface area (Å²) in [5.74, 6) is 0.902. The SMILES string of the molecule is CN=C(NCCCCCOC)N(C)Cc1cc(Cl)cn1C. The number of nitrogens with zero attached hydrogens (tertiary/aromatic N) is 3. The van der Waals surface area contributed by atoms with Crippen molar-refractivity contribution in [2.45, 2.75) is 25.8 Å². The van der Waals surface area contributed by atoms with Crippen molar-refractivity contribution in [2.75, 3.05) is 34.4 Å². The second-order valence-electron chi connectivity index (χ2n) is 5.14. The van der Waals surface area contributed by atoms with E-state index < -0.39 is 0 Å². The molecule has 6 heteroatoms. The molecule has 120 valence electrons. The third-order valence-electron chi connectivity index (χ3n) is 3.36. The van der Waals surface area contributed by atoms with E-state index in [0.29, 0.717) is 0 Å². The number of guanidine groups is 1. The van der Waals surface area contributed by atoms with E-state index in [4.69, 9.17) is 16.3 Å². The standard InChI is InChI=1S/C15H27ClN4O/c1-17-15(18-8-6-5-7-9-21-4)20(3)12-14-10-13(16)11-19(14)2/h10-11H,5-9,12H2,1-4H3,(H,17,18). The van der Waals surface area contributed by atoms with Crippen molar-refractivity contribution in [3.05, 3.63) is 23.0 Å². The van der Waals surface area contributed by atoms with Gasteiger partial charge in [0.2, 0.25) is 0 Å². The number of hydrogen-bond donors (Lipinski definition) is 1. The van der Waals surface area contributed by atoms with Crippen LogP contribution < -0.4 is 5.32 Å². The summed E-state index contributed by atoms with van der Waals surface area (Å²) in [6.45, 7) is 2.53. The smallest absolute Gasteiger partial charge is 0.193 e. The fourth-order valence-electron chi connectivity index (χ4n) is 2.17. The van der Waals surface area contributed by atoms with Gasteiger partial charge in [-0.1, -0.05) is 11.6 Å². The number of methoxy groups -OCH3 is 1. The van der Waals surface area contributed by atoms with Crippen LogP contribution in [0.4, 0.5) is 0 Å². The van der Waals surface area contributed by atoms with E-state index in [1.165, 1.54) is 0 Å². The Balaban J connectivity index is 2.36. The van der Waals surface area contributed by atoms with Crippen molar-refractivity contribution >= 4 is 17.6 Å². The monoisotopic (exact) mass is 314 g/mol. The minimum Gasteiger partial charge on any atom is -0.385 e. The number of aryl methyl sites for hydroxylation is 1. The van der Waals surface area contributed by atoms with Gasteiger partial charge in [-0.15, -0.1) is 0 Å². The molecule has 21 heavy (non-hydrogen) atoms. The Morgan fingerprint density at radius 1 is 1.43 bits per heavy atom. The minimum absolute atomic E-state index is 0.766. The summed E-state index contributed by atoms with van der Waals surface area (Å²) in [5.41, 5.74) is 1.16. The number of nitrogens with one attached hydrogen (secondary N) is 1. The van der Waals surface area contributed by atoms with Crippen LogP contribution in [-0.4, -0.2) is 49.8 Å². The molecule has 0 bridgehead atoms. The first-order valence-electron chi connectivity index (χ1n) is 7.30. The summed E-state index contributed by atoms with van der Waals surface area (Å²) < 4.78 is 7.08. The average Bonchev–Trinajstić information content (AvgIpc) is 2.76. The van der Waals surface area contributed by atoms with E-state index in [1.807, 2.05) is 38.0 Å². The minimum atomic E-state index is 0.766. The summed E-state index contributed by atoms with van der Waals surface area (Å²) in [6.07, 6.45) is 5.30. The van der Waals surface area contributed by atoms with Gasteiger partial charge in [0.05, 0.1) is 11.6 Å². The highest BCUT2D eigenvalue weighted by atomic mass is 35.5. The zero-order valence-corrected chi connectivity index (χ0v) is 14.3. The fraction of sp³-hybridized carbons (Fsp3) is 0.667. The van der Waals surface area contributed by atoms with Crippen molar-refractivity contribution < 1.29 is 4.74 Å². The maximum atomic E-state index is 6.01. The highest BCUT2D eigenvalue weighted by molar-refractivity contribution is 6.30. The van der Waals surface area contributed by atoms with Crippen LogP contribution in [0.25, 0.3) is 0 Å². The lowest BCUT2D eigenvalue weighted by atomic mass is 10.2. The van der Waals surface area contributed by atoms with E-state index in [9.17, 15) is 0 Å². The van der Waals surface area contributed by atoms with Gasteiger partial charge < -0.3 is 19.5 Å². The molecule has 1 N–H and O–H groups in total. The Morgan fingerprint density at radius 2 is 2.19 bits per heavy atom. The van der Waals surface area contributed by atoms with Gasteiger partial charge in [0.15, 0.2) is 5.96 Å². The molecule has 0 amide bonds. The summed E-state index contributed by atoms with van der Waals surface area (Å²) >= 11 is 6.01. The van der Waals surface area contributed by atoms with E-state index >= 15 is 0 Å². The molecule has 0 saturated heterocycles. The third kappa shape index (κ3) is 6.40. The molecule has 0 atom stereocenters. The maximum Gasteiger partial charge on any atom is 0.193 e. The molecule has 0 fully saturated rings. The predicted molar refractivity (Wildman–Crippen MR) is 89.0 cm³/mol. The second kappa shape index (κ2) is 9.68. The van der Waals surface area contributed by atoms with Gasteiger partial charge in [-0.05, 0) is 25.3 Å². The first kappa shape index (κ1) is 17.9. The normalized spacial score (nSPS) is 11.8. The van der Waals surface area contributed by atoms with Crippen molar-refractivity contribution in [2.24, 2.45) is 12.0 Å². The quantitative estimate of drug-likeness (QED) is 0.455. The molecule has 1 rings (SSSR count). The number of aliphatic imine (C=N–C) groups is 1. The van der Waals surface area contributed by atoms with Crippen LogP contribution >= 0.6 is 11.6 Å². The van der Waals surface area contributed by atoms with Gasteiger partial charge in [0.1, 0.15) is 0 Å². The Kier molecular flexibility index (Phi) is 8.23. The Hall–Kier alpha value is -1.20. The number of unbranched alkanes of at least 4 members (excludes halogenated alkanes) is 2. The number of rotatable bonds is 8. The summed E-state index contributed by atoms with van der Waals surface area (Å²) in [6, 6.07) is 1.98. The van der Waals surface area contributed by atoms with Gasteiger partial charge >= 0.3 is 0 Å². The van der Waals surface area contributed by atoms with Gasteiger partial charge in [0.25, 0.3) is 0 Å². The van der Waals surface area contributed by atoms with Crippen LogP contribution in [0, 0.1) is 0 Å². The van der Waals surface area contributed by atoms with Crippen molar-refractivity contribution in [3.8, 4) is 0 Å². The molecule has 0 aromatic carbocycles. The molecule has 1 heterocycles. The van der Waals surface area contributed by atoms with Crippen LogP contribution in [0.1, 0.15) is 25.0 Å². The Morgan fingerprint density at radius 3 is 2.76 bits per heavy atom. The number of aromatic nitrogens is 1. The van der Waals surface area contributed by atoms with Gasteiger partial charge in [-0.25, -0.2) is 0 Å². The highest BCUT2D eigenvalue weighted by Crippen LogP contribution is 2.14. The summed E-state index contributed by atoms with van der Waals surface area (Å²) in [7, 11) is 7.58. The first-order valence-corrected chi connectivity index (χ1v) is 7.67. The van der Waals surface area contributed by atoms with Gasteiger partial charge in [-0.2, -0.15) is 0 Å². The molecule has 0 aliphatic rings. The topological polar surface area (TPSA) is 41.8 Å². The molecule has 0 aliphatic heterocycles. The maximum absolute atomic E-state index is 6.01. The molecule has 0 unspecified atom stereocenters. The molecule has 0 spiro atoms. The summed E-state index contributed by atoms with van der Waals surface area (Å²) in [4.78, 5) is 6.42. The first-order chi connectivity index (χ1) is 10.1. The average molecular weight is 315 g/mol. The van der Waals surface area contributed by atoms with Crippen LogP contribution in [0.3, 0.4) is 0 Å². The zero-order valence-electron chi connectivity index (χ0n) is 13.5. The summed E-state index contributed by atoms with van der Waals surface area (Å²) in [5, 5.41) is 4.15. The van der Waals surface area contributed by atoms with E-state index in [0.717, 1.165) is 55.6 Å². The molecule has 1 aromatic heterocycles. The molecule has 0 radical (unpaired) electrons. The molecular formula is C15H27ClN4O. The largest absolute Gasteiger partial charge is 0.385 e. The van der Waals surface area contributed by atoms with Crippen LogP contribution in [-0.2, 0) is 18.3 Å². The van der Waals surface area contributed by atoms with Crippen molar-refractivity contribution in [1.82, 2.24) is 14.8 Å². The second-order valence-corrected chi connectivity index (χ2v) is 5.58. The van der Waals surface area contributed by atoms with E-state index in [1.54, 1.807) is 7.11 Å². The zero-order chi connectivity index (χ0) is 15.7. The lowest BCUT2D eigenvalue weighted by molar-refractivity contribution is 0.192. The van der Waals surface area contributed by atoms with Crippen LogP contribution in [0.2, 0.25) is 5.02 Å². The molecule has 0 aliphatic carbocycles. The molecule has 1 aromatic rings. The van der Waals surface area contributed by atoms with E-state index in [-0.39, 0.29) is 0 Å². The predicted octanol–water partition coefficient (Wildman–Crippen LogP) is 2.50. The lowest BCUT2D eigenvalue weighted by Gasteiger charge is -2.22. The number of hydrogen-bond acceptors (Lipinski definition) is 2. The third-order valence-corrected chi connectivity index (χ3v) is 3.56. The van der Waals surface area contributed by atoms with Crippen LogP contribution in [0.15, 0.2) is 17.3 Å². The molecule has 5 nitrogen and oxygen atoms in total. The fourth-order valence-corrected chi connectivity index (χ4v) is 2.45. The lowest BCUT2D eigenvalue weighted by Crippen LogP contribution is -2.39. The van der Waals surface area contributed by atoms with Gasteiger partial charge in [0, 0.05) is 53.3 Å². The van der Waals surface area contributed by atoms with Crippen molar-refractivity contribution in [3.63, 3.8) is 0 Å². The number of ether oxygens (including phenoxy) is 1. The molecular weight excluding hydrogens is 288 g/mol. The Labute approximate surface area is 132 Å². The Bertz CT molecular complexity index is 445. The van der Waals surface area contributed by atoms with Crippen molar-refractivity contribution in [1.29, 1.82) is 0 Å². The van der Waals surface area contributed by atoms with Gasteiger partial charge in [-0.3, -0.25) is 4.99 Å². The number of halogens is 1.